The van der Waals surface area contributed by atoms with Gasteiger partial charge in [-0.1, -0.05) is 36.4 Å². The number of rotatable bonds is 11. The van der Waals surface area contributed by atoms with Gasteiger partial charge < -0.3 is 14.2 Å². The van der Waals surface area contributed by atoms with E-state index in [1.54, 1.807) is 24.3 Å². The van der Waals surface area contributed by atoms with Gasteiger partial charge >= 0.3 is 0 Å². The summed E-state index contributed by atoms with van der Waals surface area (Å²) in [5, 5.41) is 12.6. The van der Waals surface area contributed by atoms with Crippen LogP contribution >= 0.6 is 34.4 Å². The van der Waals surface area contributed by atoms with Crippen molar-refractivity contribution < 1.29 is 28.7 Å². The second-order valence-electron chi connectivity index (χ2n) is 9.13. The maximum absolute atomic E-state index is 13.1. The monoisotopic (exact) mass is 696 g/mol. The number of imide groups is 1. The molecule has 1 fully saturated rings. The number of hydrogen-bond donors (Lipinski definition) is 0. The lowest BCUT2D eigenvalue weighted by atomic mass is 10.1. The zero-order chi connectivity index (χ0) is 29.6. The van der Waals surface area contributed by atoms with Gasteiger partial charge in [-0.15, -0.1) is 0 Å². The second kappa shape index (κ2) is 13.3. The fourth-order valence-electron chi connectivity index (χ4n) is 4.36. The molecule has 1 saturated heterocycles. The lowest BCUT2D eigenvalue weighted by Crippen LogP contribution is -2.32. The molecule has 0 aromatic heterocycles. The van der Waals surface area contributed by atoms with Crippen molar-refractivity contribution in [1.29, 1.82) is 0 Å². The first-order chi connectivity index (χ1) is 20.3. The summed E-state index contributed by atoms with van der Waals surface area (Å²) >= 11 is 3.01. The number of fused-ring (bicyclic) bond motifs is 1. The number of nitrogens with zero attached hydrogens (tertiary/aromatic N) is 2. The van der Waals surface area contributed by atoms with Gasteiger partial charge in [-0.2, -0.15) is 0 Å². The summed E-state index contributed by atoms with van der Waals surface area (Å²) in [6, 6.07) is 23.4. The van der Waals surface area contributed by atoms with Crippen molar-refractivity contribution in [2.24, 2.45) is 0 Å². The van der Waals surface area contributed by atoms with E-state index in [9.17, 15) is 19.7 Å². The highest BCUT2D eigenvalue weighted by Gasteiger charge is 2.35. The minimum Gasteiger partial charge on any atom is -0.491 e. The number of carbonyl (C=O) groups is 2. The number of nitro groups is 1. The van der Waals surface area contributed by atoms with Crippen LogP contribution in [0.1, 0.15) is 18.1 Å². The lowest BCUT2D eigenvalue weighted by Gasteiger charge is -2.15. The van der Waals surface area contributed by atoms with Gasteiger partial charge in [0, 0.05) is 17.5 Å². The largest absolute Gasteiger partial charge is 0.491 e. The molecule has 42 heavy (non-hydrogen) atoms. The molecule has 9 nitrogen and oxygen atoms in total. The summed E-state index contributed by atoms with van der Waals surface area (Å²) in [6.07, 6.45) is 1.67. The first-order valence-corrected chi connectivity index (χ1v) is 14.9. The topological polar surface area (TPSA) is 108 Å². The molecular weight excluding hydrogens is 671 g/mol. The van der Waals surface area contributed by atoms with Crippen LogP contribution in [0.3, 0.4) is 0 Å². The first kappa shape index (κ1) is 29.4. The fraction of sp³-hybridized carbons (Fsp3) is 0.161. The third kappa shape index (κ3) is 6.68. The maximum Gasteiger partial charge on any atom is 0.293 e. The van der Waals surface area contributed by atoms with Crippen molar-refractivity contribution in [2.45, 2.75) is 13.5 Å². The molecule has 0 aliphatic carbocycles. The van der Waals surface area contributed by atoms with Crippen LogP contribution in [0.5, 0.6) is 17.2 Å². The number of hydrogen-bond acceptors (Lipinski definition) is 8. The molecule has 0 atom stereocenters. The third-order valence-corrected chi connectivity index (χ3v) is 8.06. The molecule has 2 amide bonds. The Kier molecular flexibility index (Phi) is 9.28. The highest BCUT2D eigenvalue weighted by atomic mass is 127. The number of carbonyl (C=O) groups excluding carboxylic acids is 2. The number of non-ortho nitro benzene ring substituents is 1. The Morgan fingerprint density at radius 1 is 0.952 bits per heavy atom. The van der Waals surface area contributed by atoms with Crippen molar-refractivity contribution in [3.8, 4) is 17.2 Å². The molecule has 4 aromatic rings. The average molecular weight is 697 g/mol. The van der Waals surface area contributed by atoms with E-state index in [0.29, 0.717) is 34.3 Å². The molecule has 0 radical (unpaired) electrons. The summed E-state index contributed by atoms with van der Waals surface area (Å²) in [6.45, 7) is 2.73. The van der Waals surface area contributed by atoms with Crippen LogP contribution in [-0.2, 0) is 11.4 Å². The van der Waals surface area contributed by atoms with Gasteiger partial charge in [0.15, 0.2) is 11.5 Å². The summed E-state index contributed by atoms with van der Waals surface area (Å²) in [7, 11) is 0. The van der Waals surface area contributed by atoms with Crippen LogP contribution in [0.15, 0.2) is 83.8 Å². The molecule has 1 heterocycles. The van der Waals surface area contributed by atoms with E-state index >= 15 is 0 Å². The van der Waals surface area contributed by atoms with Gasteiger partial charge in [0.25, 0.3) is 16.8 Å². The molecule has 11 heteroatoms. The Hall–Kier alpha value is -4.10. The molecule has 5 rings (SSSR count). The van der Waals surface area contributed by atoms with Crippen molar-refractivity contribution in [1.82, 2.24) is 4.90 Å². The van der Waals surface area contributed by atoms with E-state index in [1.165, 1.54) is 17.0 Å². The predicted molar refractivity (Wildman–Crippen MR) is 170 cm³/mol. The zero-order valence-corrected chi connectivity index (χ0v) is 25.4. The quantitative estimate of drug-likeness (QED) is 0.0689. The van der Waals surface area contributed by atoms with Crippen LogP contribution in [0, 0.1) is 13.7 Å². The predicted octanol–water partition coefficient (Wildman–Crippen LogP) is 7.45. The van der Waals surface area contributed by atoms with Crippen molar-refractivity contribution >= 4 is 68.0 Å². The molecule has 1 aliphatic rings. The van der Waals surface area contributed by atoms with Gasteiger partial charge in [0.2, 0.25) is 0 Å². The van der Waals surface area contributed by atoms with Crippen LogP contribution in [0.4, 0.5) is 10.5 Å². The van der Waals surface area contributed by atoms with Gasteiger partial charge in [-0.05, 0) is 94.2 Å². The summed E-state index contributed by atoms with van der Waals surface area (Å²) in [4.78, 5) is 37.8. The Labute approximate surface area is 259 Å². The van der Waals surface area contributed by atoms with E-state index in [0.717, 1.165) is 31.7 Å². The first-order valence-electron chi connectivity index (χ1n) is 13.0. The summed E-state index contributed by atoms with van der Waals surface area (Å²) in [5.41, 5.74) is 1.46. The van der Waals surface area contributed by atoms with E-state index in [1.807, 2.05) is 55.5 Å². The maximum atomic E-state index is 13.1. The Balaban J connectivity index is 1.27. The molecule has 0 saturated carbocycles. The van der Waals surface area contributed by atoms with Crippen LogP contribution in [0.25, 0.3) is 16.8 Å². The minimum absolute atomic E-state index is 0.00874. The van der Waals surface area contributed by atoms with Gasteiger partial charge in [0.1, 0.15) is 19.0 Å². The van der Waals surface area contributed by atoms with Crippen LogP contribution in [0.2, 0.25) is 0 Å². The van der Waals surface area contributed by atoms with Crippen molar-refractivity contribution in [3.05, 3.63) is 109 Å². The zero-order valence-electron chi connectivity index (χ0n) is 22.4. The number of thioether (sulfide) groups is 1. The molecular formula is C31H25IN2O7S. The van der Waals surface area contributed by atoms with Gasteiger partial charge in [-0.3, -0.25) is 24.6 Å². The van der Waals surface area contributed by atoms with Crippen molar-refractivity contribution in [2.75, 3.05) is 19.8 Å². The van der Waals surface area contributed by atoms with E-state index < -0.39 is 4.92 Å². The van der Waals surface area contributed by atoms with Crippen molar-refractivity contribution in [3.63, 3.8) is 0 Å². The normalized spacial score (nSPS) is 14.0. The highest BCUT2D eigenvalue weighted by Crippen LogP contribution is 2.38. The van der Waals surface area contributed by atoms with Crippen LogP contribution < -0.4 is 14.2 Å². The van der Waals surface area contributed by atoms with Gasteiger partial charge in [-0.25, -0.2) is 0 Å². The van der Waals surface area contributed by atoms with E-state index in [4.69, 9.17) is 14.2 Å². The molecule has 0 spiro atoms. The molecule has 0 bridgehead atoms. The molecule has 0 N–H and O–H groups in total. The Morgan fingerprint density at radius 3 is 2.48 bits per heavy atom. The average Bonchev–Trinajstić information content (AvgIpc) is 3.24. The standard InChI is InChI=1S/C31H25IN2O7S/c1-2-39-27-17-21(16-25(32)29(27)41-19-20-10-12-23(13-11-20)34(37)38)18-28-30(35)33(31(36)42-28)14-15-40-26-9-5-7-22-6-3-4-8-24(22)26/h3-13,16-18H,2,14-15,19H2,1H3/b28-18-. The Bertz CT molecular complexity index is 1690. The fourth-order valence-corrected chi connectivity index (χ4v) is 6.00. The summed E-state index contributed by atoms with van der Waals surface area (Å²) < 4.78 is 18.5. The SMILES string of the molecule is CCOc1cc(/C=C2\SC(=O)N(CCOc3cccc4ccccc34)C2=O)cc(I)c1OCc1ccc([N+](=O)[O-])cc1. The number of nitro benzene ring substituents is 1. The third-order valence-electron chi connectivity index (χ3n) is 6.36. The number of amides is 2. The minimum atomic E-state index is -0.450. The number of halogens is 1. The van der Waals surface area contributed by atoms with E-state index in [2.05, 4.69) is 22.6 Å². The van der Waals surface area contributed by atoms with Gasteiger partial charge in [0.05, 0.1) is 26.6 Å². The molecule has 0 unspecified atom stereocenters. The lowest BCUT2D eigenvalue weighted by molar-refractivity contribution is -0.384. The van der Waals surface area contributed by atoms with E-state index in [-0.39, 0.29) is 36.6 Å². The number of ether oxygens (including phenoxy) is 3. The smallest absolute Gasteiger partial charge is 0.293 e. The number of benzene rings is 4. The Morgan fingerprint density at radius 2 is 1.71 bits per heavy atom. The molecule has 1 aliphatic heterocycles. The highest BCUT2D eigenvalue weighted by molar-refractivity contribution is 14.1. The summed E-state index contributed by atoms with van der Waals surface area (Å²) in [5.74, 6) is 1.33. The molecule has 4 aromatic carbocycles. The van der Waals surface area contributed by atoms with Crippen LogP contribution in [-0.4, -0.2) is 40.7 Å². The molecule has 214 valence electrons. The second-order valence-corrected chi connectivity index (χ2v) is 11.3.